The summed E-state index contributed by atoms with van der Waals surface area (Å²) in [5.74, 6) is 0. The number of rotatable bonds is 3. The fourth-order valence-electron chi connectivity index (χ4n) is 2.46. The Bertz CT molecular complexity index is 484. The molecule has 5 nitrogen and oxygen atoms in total. The highest BCUT2D eigenvalue weighted by Gasteiger charge is 2.52. The van der Waals surface area contributed by atoms with Crippen LogP contribution in [0.25, 0.3) is 0 Å². The molecule has 0 amide bonds. The van der Waals surface area contributed by atoms with E-state index in [1.165, 1.54) is 0 Å². The zero-order valence-corrected chi connectivity index (χ0v) is 13.9. The molecule has 0 N–H and O–H groups in total. The van der Waals surface area contributed by atoms with Crippen molar-refractivity contribution in [1.29, 1.82) is 0 Å². The molecule has 20 heavy (non-hydrogen) atoms. The van der Waals surface area contributed by atoms with E-state index in [1.807, 2.05) is 6.20 Å². The van der Waals surface area contributed by atoms with Crippen molar-refractivity contribution < 1.29 is 9.31 Å². The molecule has 3 rings (SSSR count). The summed E-state index contributed by atoms with van der Waals surface area (Å²) < 4.78 is 16.6. The van der Waals surface area contributed by atoms with Crippen LogP contribution < -0.4 is 5.46 Å². The second kappa shape index (κ2) is 4.80. The SMILES string of the molecule is CPN1CC(n2cc(B3OC(C)(C)C(C)(C)O3)cn2)C1. The Morgan fingerprint density at radius 2 is 1.85 bits per heavy atom. The van der Waals surface area contributed by atoms with E-state index in [1.54, 1.807) is 0 Å². The monoisotopic (exact) mass is 295 g/mol. The van der Waals surface area contributed by atoms with E-state index < -0.39 is 0 Å². The number of hydrogen-bond donors (Lipinski definition) is 0. The standard InChI is InChI=1S/C13H23BN3O2P/c1-12(2)13(3,4)19-14(18-12)10-6-15-17(7-10)11-8-16(9-11)20-5/h6-7,11,20H,8-9H2,1-5H3. The van der Waals surface area contributed by atoms with Gasteiger partial charge in [-0.2, -0.15) is 5.10 Å². The molecule has 0 saturated carbocycles. The molecule has 1 aromatic rings. The van der Waals surface area contributed by atoms with Crippen LogP contribution in [0.2, 0.25) is 0 Å². The summed E-state index contributed by atoms with van der Waals surface area (Å²) in [6.07, 6.45) is 3.95. The number of aromatic nitrogens is 2. The van der Waals surface area contributed by atoms with Crippen molar-refractivity contribution in [2.45, 2.75) is 44.9 Å². The van der Waals surface area contributed by atoms with Crippen LogP contribution in [-0.4, -0.2) is 52.5 Å². The van der Waals surface area contributed by atoms with E-state index in [0.717, 1.165) is 27.3 Å². The highest BCUT2D eigenvalue weighted by molar-refractivity contribution is 7.34. The van der Waals surface area contributed by atoms with E-state index >= 15 is 0 Å². The third kappa shape index (κ3) is 2.33. The second-order valence-electron chi connectivity index (χ2n) is 6.62. The molecule has 0 bridgehead atoms. The Morgan fingerprint density at radius 3 is 2.40 bits per heavy atom. The summed E-state index contributed by atoms with van der Waals surface area (Å²) in [7, 11) is 0.582. The summed E-state index contributed by atoms with van der Waals surface area (Å²) in [5, 5.41) is 4.48. The lowest BCUT2D eigenvalue weighted by molar-refractivity contribution is 0.00578. The summed E-state index contributed by atoms with van der Waals surface area (Å²) in [6.45, 7) is 12.7. The Labute approximate surface area is 123 Å². The minimum Gasteiger partial charge on any atom is -0.399 e. The lowest BCUT2D eigenvalue weighted by Gasteiger charge is -2.38. The summed E-state index contributed by atoms with van der Waals surface area (Å²) in [5.41, 5.74) is 0.424. The molecule has 2 fully saturated rings. The highest BCUT2D eigenvalue weighted by atomic mass is 31.1. The number of hydrogen-bond acceptors (Lipinski definition) is 4. The molecule has 1 unspecified atom stereocenters. The zero-order chi connectivity index (χ0) is 14.5. The van der Waals surface area contributed by atoms with Crippen LogP contribution in [0.3, 0.4) is 0 Å². The van der Waals surface area contributed by atoms with Crippen LogP contribution in [0.15, 0.2) is 12.4 Å². The van der Waals surface area contributed by atoms with Gasteiger partial charge in [-0.1, -0.05) is 8.73 Å². The van der Waals surface area contributed by atoms with E-state index in [-0.39, 0.29) is 18.3 Å². The average Bonchev–Trinajstić information content (AvgIpc) is 2.82. The molecule has 0 spiro atoms. The summed E-state index contributed by atoms with van der Waals surface area (Å²) in [4.78, 5) is 0. The lowest BCUT2D eigenvalue weighted by Crippen LogP contribution is -2.43. The van der Waals surface area contributed by atoms with Crippen molar-refractivity contribution in [1.82, 2.24) is 14.5 Å². The average molecular weight is 295 g/mol. The highest BCUT2D eigenvalue weighted by Crippen LogP contribution is 2.36. The van der Waals surface area contributed by atoms with Crippen molar-refractivity contribution in [3.63, 3.8) is 0 Å². The van der Waals surface area contributed by atoms with Gasteiger partial charge in [0, 0.05) is 30.9 Å². The Kier molecular flexibility index (Phi) is 3.49. The van der Waals surface area contributed by atoms with Crippen LogP contribution in [0.4, 0.5) is 0 Å². The van der Waals surface area contributed by atoms with Gasteiger partial charge in [0.15, 0.2) is 0 Å². The first-order valence-electron chi connectivity index (χ1n) is 7.14. The maximum absolute atomic E-state index is 6.05. The first-order chi connectivity index (χ1) is 9.32. The topological polar surface area (TPSA) is 39.5 Å². The molecule has 1 aromatic heterocycles. The summed E-state index contributed by atoms with van der Waals surface area (Å²) >= 11 is 0. The largest absolute Gasteiger partial charge is 0.498 e. The molecular formula is C13H23BN3O2P. The molecule has 7 heteroatoms. The van der Waals surface area contributed by atoms with Gasteiger partial charge in [-0.05, 0) is 34.4 Å². The van der Waals surface area contributed by atoms with Gasteiger partial charge < -0.3 is 9.31 Å². The fourth-order valence-corrected chi connectivity index (χ4v) is 3.25. The molecule has 0 aromatic carbocycles. The zero-order valence-electron chi connectivity index (χ0n) is 12.9. The third-order valence-electron chi connectivity index (χ3n) is 4.70. The minimum absolute atomic E-state index is 0.295. The van der Waals surface area contributed by atoms with Gasteiger partial charge >= 0.3 is 7.12 Å². The Hall–Kier alpha value is -0.415. The van der Waals surface area contributed by atoms with Crippen molar-refractivity contribution in [3.8, 4) is 0 Å². The van der Waals surface area contributed by atoms with Crippen molar-refractivity contribution in [2.75, 3.05) is 19.8 Å². The molecule has 0 aliphatic carbocycles. The smallest absolute Gasteiger partial charge is 0.399 e. The van der Waals surface area contributed by atoms with Crippen molar-refractivity contribution in [2.24, 2.45) is 0 Å². The second-order valence-corrected chi connectivity index (χ2v) is 7.70. The predicted molar refractivity (Wildman–Crippen MR) is 82.8 cm³/mol. The molecule has 1 atom stereocenters. The van der Waals surface area contributed by atoms with Crippen LogP contribution in [0.5, 0.6) is 0 Å². The van der Waals surface area contributed by atoms with Crippen molar-refractivity contribution in [3.05, 3.63) is 12.4 Å². The van der Waals surface area contributed by atoms with Crippen LogP contribution in [-0.2, 0) is 9.31 Å². The van der Waals surface area contributed by atoms with Crippen LogP contribution >= 0.6 is 8.73 Å². The van der Waals surface area contributed by atoms with Gasteiger partial charge in [0.05, 0.1) is 17.2 Å². The fraction of sp³-hybridized carbons (Fsp3) is 0.769. The Balaban J connectivity index is 1.70. The quantitative estimate of drug-likeness (QED) is 0.622. The van der Waals surface area contributed by atoms with Crippen LogP contribution in [0, 0.1) is 0 Å². The maximum atomic E-state index is 6.05. The van der Waals surface area contributed by atoms with E-state index in [2.05, 4.69) is 55.0 Å². The third-order valence-corrected chi connectivity index (χ3v) is 5.70. The molecule has 0 radical (unpaired) electrons. The van der Waals surface area contributed by atoms with Gasteiger partial charge in [0.25, 0.3) is 0 Å². The first kappa shape index (κ1) is 14.5. The van der Waals surface area contributed by atoms with E-state index in [0.29, 0.717) is 6.04 Å². The molecule has 2 aliphatic rings. The predicted octanol–water partition coefficient (Wildman–Crippen LogP) is 1.26. The first-order valence-corrected chi connectivity index (χ1v) is 8.59. The summed E-state index contributed by atoms with van der Waals surface area (Å²) in [6, 6.07) is 0.499. The molecule has 2 saturated heterocycles. The molecule has 3 heterocycles. The molecule has 2 aliphatic heterocycles. The molecule has 110 valence electrons. The van der Waals surface area contributed by atoms with E-state index in [9.17, 15) is 0 Å². The Morgan fingerprint density at radius 1 is 1.25 bits per heavy atom. The maximum Gasteiger partial charge on any atom is 0.498 e. The number of nitrogens with zero attached hydrogens (tertiary/aromatic N) is 3. The van der Waals surface area contributed by atoms with Gasteiger partial charge in [-0.15, -0.1) is 0 Å². The lowest BCUT2D eigenvalue weighted by atomic mass is 9.82. The minimum atomic E-state index is -0.307. The molecular weight excluding hydrogens is 272 g/mol. The van der Waals surface area contributed by atoms with Gasteiger partial charge in [-0.3, -0.25) is 9.35 Å². The van der Waals surface area contributed by atoms with Crippen molar-refractivity contribution >= 4 is 21.3 Å². The van der Waals surface area contributed by atoms with Gasteiger partial charge in [0.1, 0.15) is 0 Å². The van der Waals surface area contributed by atoms with Gasteiger partial charge in [0.2, 0.25) is 0 Å². The normalized spacial score (nSPS) is 26.6. The van der Waals surface area contributed by atoms with Crippen LogP contribution in [0.1, 0.15) is 33.7 Å². The van der Waals surface area contributed by atoms with Gasteiger partial charge in [-0.25, -0.2) is 0 Å². The van der Waals surface area contributed by atoms with E-state index in [4.69, 9.17) is 9.31 Å².